The van der Waals surface area contributed by atoms with Crippen LogP contribution in [0.5, 0.6) is 23.0 Å². The summed E-state index contributed by atoms with van der Waals surface area (Å²) in [4.78, 5) is 37.4. The van der Waals surface area contributed by atoms with Gasteiger partial charge in [0.05, 0.1) is 44.7 Å². The highest BCUT2D eigenvalue weighted by Crippen LogP contribution is 2.38. The van der Waals surface area contributed by atoms with Crippen LogP contribution in [0.2, 0.25) is 5.02 Å². The number of rotatable bonds is 10. The van der Waals surface area contributed by atoms with Gasteiger partial charge in [0.1, 0.15) is 5.75 Å². The molecule has 0 spiro atoms. The van der Waals surface area contributed by atoms with E-state index in [0.29, 0.717) is 27.3 Å². The molecule has 0 radical (unpaired) electrons. The second-order valence-electron chi connectivity index (χ2n) is 7.44. The molecule has 3 aromatic rings. The summed E-state index contributed by atoms with van der Waals surface area (Å²) in [6.07, 6.45) is 1.30. The number of hydrogen-bond acceptors (Lipinski definition) is 8. The van der Waals surface area contributed by atoms with E-state index in [2.05, 4.69) is 31.8 Å². The zero-order valence-electron chi connectivity index (χ0n) is 20.5. The minimum absolute atomic E-state index is 0.201. The number of hydrogen-bond donors (Lipinski definition) is 2. The van der Waals surface area contributed by atoms with Crippen molar-refractivity contribution < 1.29 is 33.3 Å². The minimum atomic E-state index is -0.647. The second kappa shape index (κ2) is 13.5. The van der Waals surface area contributed by atoms with Gasteiger partial charge in [-0.3, -0.25) is 9.59 Å². The SMILES string of the molecule is COc1cc(C(=O)NCC(=O)NN=Cc2cc(Br)ccc2OC(=O)c2ccccc2Cl)cc(OC)c1OC. The van der Waals surface area contributed by atoms with Gasteiger partial charge in [0.2, 0.25) is 5.75 Å². The molecule has 0 aliphatic rings. The molecule has 3 rings (SSSR count). The Morgan fingerprint density at radius 1 is 0.947 bits per heavy atom. The summed E-state index contributed by atoms with van der Waals surface area (Å²) < 4.78 is 21.9. The van der Waals surface area contributed by atoms with E-state index in [1.807, 2.05) is 0 Å². The minimum Gasteiger partial charge on any atom is -0.493 e. The van der Waals surface area contributed by atoms with Gasteiger partial charge in [-0.25, -0.2) is 10.2 Å². The summed E-state index contributed by atoms with van der Waals surface area (Å²) in [5.41, 5.74) is 3.12. The molecule has 38 heavy (non-hydrogen) atoms. The number of ether oxygens (including phenoxy) is 4. The van der Waals surface area contributed by atoms with Crippen molar-refractivity contribution in [1.29, 1.82) is 0 Å². The Morgan fingerprint density at radius 3 is 2.26 bits per heavy atom. The third-order valence-electron chi connectivity index (χ3n) is 5.00. The zero-order valence-corrected chi connectivity index (χ0v) is 22.9. The molecule has 0 saturated heterocycles. The van der Waals surface area contributed by atoms with E-state index in [9.17, 15) is 14.4 Å². The number of nitrogens with one attached hydrogen (secondary N) is 2. The highest BCUT2D eigenvalue weighted by Gasteiger charge is 2.18. The van der Waals surface area contributed by atoms with E-state index < -0.39 is 17.8 Å². The molecule has 0 fully saturated rings. The van der Waals surface area contributed by atoms with Crippen LogP contribution in [0.15, 0.2) is 64.2 Å². The number of methoxy groups -OCH3 is 3. The fourth-order valence-corrected chi connectivity index (χ4v) is 3.77. The Hall–Kier alpha value is -4.09. The summed E-state index contributed by atoms with van der Waals surface area (Å²) in [6.45, 7) is -0.361. The molecule has 0 aromatic heterocycles. The molecule has 0 atom stereocenters. The van der Waals surface area contributed by atoms with Gasteiger partial charge in [0, 0.05) is 15.6 Å². The Morgan fingerprint density at radius 2 is 1.63 bits per heavy atom. The first-order valence-electron chi connectivity index (χ1n) is 10.9. The third kappa shape index (κ3) is 7.24. The van der Waals surface area contributed by atoms with E-state index in [1.54, 1.807) is 42.5 Å². The maximum absolute atomic E-state index is 12.6. The predicted octanol–water partition coefficient (Wildman–Crippen LogP) is 4.23. The summed E-state index contributed by atoms with van der Waals surface area (Å²) in [7, 11) is 4.31. The highest BCUT2D eigenvalue weighted by atomic mass is 79.9. The van der Waals surface area contributed by atoms with Crippen LogP contribution >= 0.6 is 27.5 Å². The van der Waals surface area contributed by atoms with E-state index in [1.165, 1.54) is 39.7 Å². The predicted molar refractivity (Wildman–Crippen MR) is 145 cm³/mol. The number of esters is 1. The fourth-order valence-electron chi connectivity index (χ4n) is 3.18. The molecular formula is C26H23BrClN3O7. The molecule has 2 N–H and O–H groups in total. The van der Waals surface area contributed by atoms with Gasteiger partial charge in [0.25, 0.3) is 11.8 Å². The quantitative estimate of drug-likeness (QED) is 0.154. The molecule has 0 aliphatic heterocycles. The first kappa shape index (κ1) is 28.5. The number of halogens is 2. The second-order valence-corrected chi connectivity index (χ2v) is 8.76. The molecule has 0 heterocycles. The molecule has 2 amide bonds. The van der Waals surface area contributed by atoms with Gasteiger partial charge in [-0.15, -0.1) is 0 Å². The maximum Gasteiger partial charge on any atom is 0.345 e. The van der Waals surface area contributed by atoms with Gasteiger partial charge < -0.3 is 24.3 Å². The molecule has 0 unspecified atom stereocenters. The fraction of sp³-hybridized carbons (Fsp3) is 0.154. The lowest BCUT2D eigenvalue weighted by Crippen LogP contribution is -2.35. The van der Waals surface area contributed by atoms with Crippen LogP contribution in [-0.2, 0) is 4.79 Å². The van der Waals surface area contributed by atoms with E-state index in [-0.39, 0.29) is 28.4 Å². The monoisotopic (exact) mass is 603 g/mol. The molecule has 0 aliphatic carbocycles. The van der Waals surface area contributed by atoms with E-state index in [4.69, 9.17) is 30.5 Å². The van der Waals surface area contributed by atoms with Crippen molar-refractivity contribution in [2.75, 3.05) is 27.9 Å². The average molecular weight is 605 g/mol. The van der Waals surface area contributed by atoms with Gasteiger partial charge in [-0.2, -0.15) is 5.10 Å². The average Bonchev–Trinajstić information content (AvgIpc) is 2.92. The smallest absolute Gasteiger partial charge is 0.345 e. The number of carbonyl (C=O) groups is 3. The van der Waals surface area contributed by atoms with Gasteiger partial charge >= 0.3 is 5.97 Å². The largest absolute Gasteiger partial charge is 0.493 e. The molecule has 10 nitrogen and oxygen atoms in total. The Kier molecular flexibility index (Phi) is 10.1. The standard InChI is InChI=1S/C26H23BrClN3O7/c1-35-21-11-15(12-22(36-2)24(21)37-3)25(33)29-14-23(32)31-30-13-16-10-17(27)8-9-20(16)38-26(34)18-6-4-5-7-19(18)28/h4-13H,14H2,1-3H3,(H,29,33)(H,31,32). The summed E-state index contributed by atoms with van der Waals surface area (Å²) in [6, 6.07) is 14.3. The summed E-state index contributed by atoms with van der Waals surface area (Å²) in [5, 5.41) is 6.65. The number of benzene rings is 3. The third-order valence-corrected chi connectivity index (χ3v) is 5.82. The number of nitrogens with zero attached hydrogens (tertiary/aromatic N) is 1. The zero-order chi connectivity index (χ0) is 27.7. The van der Waals surface area contributed by atoms with Crippen molar-refractivity contribution in [3.63, 3.8) is 0 Å². The summed E-state index contributed by atoms with van der Waals surface area (Å²) >= 11 is 9.42. The number of hydrazone groups is 1. The molecule has 12 heteroatoms. The lowest BCUT2D eigenvalue weighted by molar-refractivity contribution is -0.120. The molecular weight excluding hydrogens is 582 g/mol. The van der Waals surface area contributed by atoms with Crippen molar-refractivity contribution in [1.82, 2.24) is 10.7 Å². The van der Waals surface area contributed by atoms with Crippen LogP contribution in [0.25, 0.3) is 0 Å². The topological polar surface area (TPSA) is 125 Å². The lowest BCUT2D eigenvalue weighted by atomic mass is 10.1. The maximum atomic E-state index is 12.6. The molecule has 0 saturated carbocycles. The van der Waals surface area contributed by atoms with Crippen molar-refractivity contribution >= 4 is 51.5 Å². The highest BCUT2D eigenvalue weighted by molar-refractivity contribution is 9.10. The van der Waals surface area contributed by atoms with E-state index in [0.717, 1.165) is 0 Å². The lowest BCUT2D eigenvalue weighted by Gasteiger charge is -2.14. The van der Waals surface area contributed by atoms with E-state index >= 15 is 0 Å². The Balaban J connectivity index is 1.63. The van der Waals surface area contributed by atoms with Crippen LogP contribution in [-0.4, -0.2) is 51.9 Å². The van der Waals surface area contributed by atoms with Crippen LogP contribution in [0.3, 0.4) is 0 Å². The van der Waals surface area contributed by atoms with Gasteiger partial charge in [0.15, 0.2) is 11.5 Å². The van der Waals surface area contributed by atoms with Crippen LogP contribution < -0.4 is 29.7 Å². The molecule has 3 aromatic carbocycles. The molecule has 198 valence electrons. The Bertz CT molecular complexity index is 1360. The summed E-state index contributed by atoms with van der Waals surface area (Å²) in [5.74, 6) is -0.644. The molecule has 0 bridgehead atoms. The Labute approximate surface area is 232 Å². The van der Waals surface area contributed by atoms with Crippen molar-refractivity contribution in [3.8, 4) is 23.0 Å². The number of amides is 2. The van der Waals surface area contributed by atoms with Crippen molar-refractivity contribution in [2.24, 2.45) is 5.10 Å². The van der Waals surface area contributed by atoms with Crippen LogP contribution in [0.1, 0.15) is 26.3 Å². The van der Waals surface area contributed by atoms with Gasteiger partial charge in [-0.1, -0.05) is 39.7 Å². The van der Waals surface area contributed by atoms with Gasteiger partial charge in [-0.05, 0) is 42.5 Å². The van der Waals surface area contributed by atoms with Crippen LogP contribution in [0.4, 0.5) is 0 Å². The van der Waals surface area contributed by atoms with Crippen molar-refractivity contribution in [3.05, 3.63) is 80.8 Å². The first-order valence-corrected chi connectivity index (χ1v) is 12.1. The normalized spacial score (nSPS) is 10.6. The number of carbonyl (C=O) groups excluding carboxylic acids is 3. The van der Waals surface area contributed by atoms with Crippen molar-refractivity contribution in [2.45, 2.75) is 0 Å². The van der Waals surface area contributed by atoms with Crippen LogP contribution in [0, 0.1) is 0 Å². The first-order chi connectivity index (χ1) is 18.3.